The number of hydrogen-bond acceptors (Lipinski definition) is 6. The summed E-state index contributed by atoms with van der Waals surface area (Å²) in [5.41, 5.74) is 6.52. The molecule has 0 radical (unpaired) electrons. The Kier molecular flexibility index (Phi) is 6.55. The van der Waals surface area contributed by atoms with Gasteiger partial charge in [0.25, 0.3) is 0 Å². The van der Waals surface area contributed by atoms with Crippen molar-refractivity contribution < 1.29 is 27.8 Å². The van der Waals surface area contributed by atoms with Gasteiger partial charge < -0.3 is 19.9 Å². The predicted octanol–water partition coefficient (Wildman–Crippen LogP) is 4.19. The zero-order chi connectivity index (χ0) is 22.5. The molecule has 1 aliphatic heterocycles. The van der Waals surface area contributed by atoms with E-state index in [1.165, 1.54) is 6.07 Å². The SMILES string of the molecule is CCOC(=O)C1=C(C)OC(N)=C(C#N)C1c1ccc(OCc2c(F)cccc2F)cc1. The Morgan fingerprint density at radius 2 is 1.84 bits per heavy atom. The summed E-state index contributed by atoms with van der Waals surface area (Å²) in [6.45, 7) is 3.11. The molecule has 2 N–H and O–H groups in total. The maximum absolute atomic E-state index is 13.8. The molecule has 1 aliphatic rings. The van der Waals surface area contributed by atoms with E-state index in [1.54, 1.807) is 38.1 Å². The summed E-state index contributed by atoms with van der Waals surface area (Å²) in [5, 5.41) is 9.59. The lowest BCUT2D eigenvalue weighted by Gasteiger charge is -2.26. The Balaban J connectivity index is 1.88. The van der Waals surface area contributed by atoms with E-state index in [0.717, 1.165) is 12.1 Å². The number of allylic oxidation sites excluding steroid dienone is 2. The minimum Gasteiger partial charge on any atom is -0.489 e. The van der Waals surface area contributed by atoms with Crippen LogP contribution in [0.3, 0.4) is 0 Å². The number of carbonyl (C=O) groups excluding carboxylic acids is 1. The second-order valence-corrected chi connectivity index (χ2v) is 6.67. The topological polar surface area (TPSA) is 94.6 Å². The van der Waals surface area contributed by atoms with E-state index in [0.29, 0.717) is 11.3 Å². The third-order valence-electron chi connectivity index (χ3n) is 4.76. The van der Waals surface area contributed by atoms with Crippen molar-refractivity contribution in [2.24, 2.45) is 5.73 Å². The number of halogens is 2. The number of nitriles is 1. The van der Waals surface area contributed by atoms with Crippen LogP contribution in [-0.2, 0) is 20.9 Å². The minimum atomic E-state index is -0.782. The van der Waals surface area contributed by atoms with Crippen molar-refractivity contribution in [1.82, 2.24) is 0 Å². The molecule has 1 unspecified atom stereocenters. The smallest absolute Gasteiger partial charge is 0.338 e. The molecule has 0 amide bonds. The molecule has 0 spiro atoms. The van der Waals surface area contributed by atoms with Gasteiger partial charge in [0.05, 0.1) is 23.7 Å². The standard InChI is InChI=1S/C23H20F2N2O4/c1-3-29-23(28)20-13(2)31-22(27)16(11-26)21(20)14-7-9-15(10-8-14)30-12-17-18(24)5-4-6-19(17)25/h4-10,21H,3,12,27H2,1-2H3. The molecule has 0 aliphatic carbocycles. The van der Waals surface area contributed by atoms with Gasteiger partial charge in [-0.05, 0) is 43.7 Å². The van der Waals surface area contributed by atoms with Gasteiger partial charge in [-0.1, -0.05) is 18.2 Å². The lowest BCUT2D eigenvalue weighted by Crippen LogP contribution is -2.25. The van der Waals surface area contributed by atoms with Gasteiger partial charge in [0.2, 0.25) is 5.88 Å². The Hall–Kier alpha value is -3.86. The number of carbonyl (C=O) groups is 1. The van der Waals surface area contributed by atoms with Crippen LogP contribution in [-0.4, -0.2) is 12.6 Å². The maximum atomic E-state index is 13.8. The monoisotopic (exact) mass is 426 g/mol. The number of nitrogens with two attached hydrogens (primary N) is 1. The summed E-state index contributed by atoms with van der Waals surface area (Å²) < 4.78 is 43.5. The summed E-state index contributed by atoms with van der Waals surface area (Å²) >= 11 is 0. The average Bonchev–Trinajstić information content (AvgIpc) is 2.73. The Bertz CT molecular complexity index is 1080. The van der Waals surface area contributed by atoms with Crippen LogP contribution >= 0.6 is 0 Å². The van der Waals surface area contributed by atoms with E-state index in [9.17, 15) is 18.8 Å². The van der Waals surface area contributed by atoms with Crippen molar-refractivity contribution in [3.63, 3.8) is 0 Å². The van der Waals surface area contributed by atoms with Crippen molar-refractivity contribution >= 4 is 5.97 Å². The number of benzene rings is 2. The van der Waals surface area contributed by atoms with E-state index < -0.39 is 23.5 Å². The number of esters is 1. The van der Waals surface area contributed by atoms with E-state index in [4.69, 9.17) is 19.9 Å². The highest BCUT2D eigenvalue weighted by molar-refractivity contribution is 5.92. The van der Waals surface area contributed by atoms with Gasteiger partial charge in [-0.2, -0.15) is 5.26 Å². The lowest BCUT2D eigenvalue weighted by molar-refractivity contribution is -0.139. The number of rotatable bonds is 6. The molecule has 0 aromatic heterocycles. The molecule has 0 saturated heterocycles. The lowest BCUT2D eigenvalue weighted by atomic mass is 9.83. The third-order valence-corrected chi connectivity index (χ3v) is 4.76. The van der Waals surface area contributed by atoms with Crippen molar-refractivity contribution in [2.45, 2.75) is 26.4 Å². The summed E-state index contributed by atoms with van der Waals surface area (Å²) in [7, 11) is 0. The molecule has 0 fully saturated rings. The van der Waals surface area contributed by atoms with E-state index in [-0.39, 0.29) is 41.6 Å². The van der Waals surface area contributed by atoms with E-state index >= 15 is 0 Å². The maximum Gasteiger partial charge on any atom is 0.338 e. The van der Waals surface area contributed by atoms with Gasteiger partial charge in [0.1, 0.15) is 41.4 Å². The largest absolute Gasteiger partial charge is 0.489 e. The molecule has 2 aromatic carbocycles. The quantitative estimate of drug-likeness (QED) is 0.696. The Morgan fingerprint density at radius 1 is 1.19 bits per heavy atom. The van der Waals surface area contributed by atoms with Gasteiger partial charge in [-0.15, -0.1) is 0 Å². The molecule has 31 heavy (non-hydrogen) atoms. The Morgan fingerprint density at radius 3 is 2.42 bits per heavy atom. The first-order chi connectivity index (χ1) is 14.9. The van der Waals surface area contributed by atoms with Crippen molar-refractivity contribution in [3.8, 4) is 11.8 Å². The van der Waals surface area contributed by atoms with Gasteiger partial charge in [-0.3, -0.25) is 0 Å². The van der Waals surface area contributed by atoms with Crippen LogP contribution in [0, 0.1) is 23.0 Å². The normalized spacial score (nSPS) is 15.9. The molecular weight excluding hydrogens is 406 g/mol. The second-order valence-electron chi connectivity index (χ2n) is 6.67. The van der Waals surface area contributed by atoms with Crippen LogP contribution in [0.4, 0.5) is 8.78 Å². The highest BCUT2D eigenvalue weighted by Crippen LogP contribution is 2.40. The molecule has 8 heteroatoms. The number of ether oxygens (including phenoxy) is 3. The van der Waals surface area contributed by atoms with Crippen LogP contribution in [0.5, 0.6) is 5.75 Å². The summed E-state index contributed by atoms with van der Waals surface area (Å²) in [5.74, 6) is -2.27. The highest BCUT2D eigenvalue weighted by atomic mass is 19.1. The zero-order valence-electron chi connectivity index (χ0n) is 16.9. The molecule has 160 valence electrons. The molecule has 1 heterocycles. The first kappa shape index (κ1) is 21.8. The van der Waals surface area contributed by atoms with Crippen LogP contribution in [0.15, 0.2) is 65.3 Å². The molecule has 3 rings (SSSR count). The molecule has 1 atom stereocenters. The second kappa shape index (κ2) is 9.30. The predicted molar refractivity (Wildman–Crippen MR) is 107 cm³/mol. The fraction of sp³-hybridized carbons (Fsp3) is 0.217. The first-order valence-electron chi connectivity index (χ1n) is 9.48. The number of nitrogens with zero attached hydrogens (tertiary/aromatic N) is 1. The van der Waals surface area contributed by atoms with Crippen LogP contribution in [0.1, 0.15) is 30.9 Å². The summed E-state index contributed by atoms with van der Waals surface area (Å²) in [6, 6.07) is 12.0. The molecule has 2 aromatic rings. The molecule has 6 nitrogen and oxygen atoms in total. The van der Waals surface area contributed by atoms with Crippen LogP contribution in [0.2, 0.25) is 0 Å². The van der Waals surface area contributed by atoms with Crippen molar-refractivity contribution in [1.29, 1.82) is 5.26 Å². The highest BCUT2D eigenvalue weighted by Gasteiger charge is 2.36. The van der Waals surface area contributed by atoms with Crippen molar-refractivity contribution in [2.75, 3.05) is 6.61 Å². The van der Waals surface area contributed by atoms with E-state index in [1.807, 2.05) is 6.07 Å². The minimum absolute atomic E-state index is 0.0794. The van der Waals surface area contributed by atoms with Gasteiger partial charge >= 0.3 is 5.97 Å². The van der Waals surface area contributed by atoms with Gasteiger partial charge in [-0.25, -0.2) is 13.6 Å². The molecular formula is C23H20F2N2O4. The molecule has 0 saturated carbocycles. The number of hydrogen-bond donors (Lipinski definition) is 1. The van der Waals surface area contributed by atoms with Crippen LogP contribution < -0.4 is 10.5 Å². The fourth-order valence-electron chi connectivity index (χ4n) is 3.27. The average molecular weight is 426 g/mol. The van der Waals surface area contributed by atoms with Crippen molar-refractivity contribution in [3.05, 3.63) is 88.0 Å². The third kappa shape index (κ3) is 4.51. The summed E-state index contributed by atoms with van der Waals surface area (Å²) in [4.78, 5) is 12.5. The fourth-order valence-corrected chi connectivity index (χ4v) is 3.27. The Labute approximate surface area is 178 Å². The van der Waals surface area contributed by atoms with E-state index in [2.05, 4.69) is 0 Å². The summed E-state index contributed by atoms with van der Waals surface area (Å²) in [6.07, 6.45) is 0. The zero-order valence-corrected chi connectivity index (χ0v) is 16.9. The first-order valence-corrected chi connectivity index (χ1v) is 9.48. The van der Waals surface area contributed by atoms with Crippen LogP contribution in [0.25, 0.3) is 0 Å². The molecule has 0 bridgehead atoms. The van der Waals surface area contributed by atoms with Gasteiger partial charge in [0, 0.05) is 0 Å². The van der Waals surface area contributed by atoms with Gasteiger partial charge in [0.15, 0.2) is 0 Å².